The minimum Gasteiger partial charge on any atom is -0.495 e. The lowest BCUT2D eigenvalue weighted by Crippen LogP contribution is -2.32. The van der Waals surface area contributed by atoms with Crippen molar-refractivity contribution in [1.29, 1.82) is 0 Å². The maximum atomic E-state index is 13.9. The Morgan fingerprint density at radius 2 is 1.62 bits per heavy atom. The number of hydrogen-bond donors (Lipinski definition) is 1. The zero-order valence-electron chi connectivity index (χ0n) is 17.7. The molecule has 0 bridgehead atoms. The second kappa shape index (κ2) is 8.26. The number of amides is 2. The summed E-state index contributed by atoms with van der Waals surface area (Å²) in [7, 11) is 1.50. The maximum absolute atomic E-state index is 13.9. The molecule has 7 heteroatoms. The van der Waals surface area contributed by atoms with Gasteiger partial charge < -0.3 is 10.1 Å². The largest absolute Gasteiger partial charge is 0.495 e. The number of imide groups is 1. The molecule has 0 unspecified atom stereocenters. The number of ether oxygens (including phenoxy) is 1. The van der Waals surface area contributed by atoms with Crippen LogP contribution in [0.5, 0.6) is 5.75 Å². The SMILES string of the molecule is COc1ccccc1NC1=C(c2ccc(C)cc2C)C(=O)N(c2ccc(F)c(F)c2)C1=O. The van der Waals surface area contributed by atoms with Crippen molar-refractivity contribution in [2.24, 2.45) is 0 Å². The molecule has 1 N–H and O–H groups in total. The van der Waals surface area contributed by atoms with Crippen molar-refractivity contribution in [2.75, 3.05) is 17.3 Å². The normalized spacial score (nSPS) is 13.7. The standard InChI is InChI=1S/C25H20F2N2O3/c1-14-8-10-17(15(2)12-14)22-23(28-20-6-4-5-7-21(20)32-3)25(31)29(24(22)30)16-9-11-18(26)19(27)13-16/h4-13,28H,1-3H3. The molecule has 0 saturated heterocycles. The van der Waals surface area contributed by atoms with E-state index in [-0.39, 0.29) is 17.0 Å². The van der Waals surface area contributed by atoms with E-state index in [2.05, 4.69) is 5.32 Å². The molecule has 3 aromatic rings. The highest BCUT2D eigenvalue weighted by Gasteiger charge is 2.41. The number of carbonyl (C=O) groups excluding carboxylic acids is 2. The molecular weight excluding hydrogens is 414 g/mol. The van der Waals surface area contributed by atoms with Gasteiger partial charge in [0.15, 0.2) is 11.6 Å². The fourth-order valence-corrected chi connectivity index (χ4v) is 3.73. The molecule has 4 rings (SSSR count). The number of nitrogens with one attached hydrogen (secondary N) is 1. The summed E-state index contributed by atoms with van der Waals surface area (Å²) in [6, 6.07) is 15.4. The van der Waals surface area contributed by atoms with E-state index in [1.54, 1.807) is 30.3 Å². The summed E-state index contributed by atoms with van der Waals surface area (Å²) >= 11 is 0. The monoisotopic (exact) mass is 434 g/mol. The van der Waals surface area contributed by atoms with Crippen LogP contribution in [0.2, 0.25) is 0 Å². The van der Waals surface area contributed by atoms with E-state index in [1.165, 1.54) is 13.2 Å². The highest BCUT2D eigenvalue weighted by atomic mass is 19.2. The molecule has 0 radical (unpaired) electrons. The number of para-hydroxylation sites is 2. The molecule has 3 aromatic carbocycles. The lowest BCUT2D eigenvalue weighted by molar-refractivity contribution is -0.120. The van der Waals surface area contributed by atoms with E-state index < -0.39 is 23.4 Å². The van der Waals surface area contributed by atoms with Crippen LogP contribution in [-0.4, -0.2) is 18.9 Å². The van der Waals surface area contributed by atoms with Gasteiger partial charge in [-0.2, -0.15) is 0 Å². The van der Waals surface area contributed by atoms with Crippen LogP contribution in [0.4, 0.5) is 20.2 Å². The van der Waals surface area contributed by atoms with Gasteiger partial charge in [0.25, 0.3) is 11.8 Å². The minimum atomic E-state index is -1.15. The van der Waals surface area contributed by atoms with Gasteiger partial charge in [0.1, 0.15) is 11.4 Å². The summed E-state index contributed by atoms with van der Waals surface area (Å²) in [5.41, 5.74) is 2.96. The van der Waals surface area contributed by atoms with Crippen LogP contribution < -0.4 is 15.0 Å². The number of benzene rings is 3. The summed E-state index contributed by atoms with van der Waals surface area (Å²) in [4.78, 5) is 27.7. The summed E-state index contributed by atoms with van der Waals surface area (Å²) in [5.74, 6) is -3.05. The van der Waals surface area contributed by atoms with E-state index in [9.17, 15) is 18.4 Å². The van der Waals surface area contributed by atoms with Gasteiger partial charge in [-0.1, -0.05) is 35.9 Å². The Bertz CT molecular complexity index is 1280. The molecule has 0 atom stereocenters. The van der Waals surface area contributed by atoms with Crippen LogP contribution in [0.15, 0.2) is 66.4 Å². The quantitative estimate of drug-likeness (QED) is 0.575. The average molecular weight is 434 g/mol. The second-order valence-corrected chi connectivity index (χ2v) is 7.44. The first kappa shape index (κ1) is 21.2. The van der Waals surface area contributed by atoms with Crippen LogP contribution in [0.1, 0.15) is 16.7 Å². The highest BCUT2D eigenvalue weighted by Crippen LogP contribution is 2.37. The van der Waals surface area contributed by atoms with Gasteiger partial charge in [0.05, 0.1) is 24.1 Å². The Kier molecular flexibility index (Phi) is 5.48. The fraction of sp³-hybridized carbons (Fsp3) is 0.120. The van der Waals surface area contributed by atoms with Gasteiger partial charge >= 0.3 is 0 Å². The highest BCUT2D eigenvalue weighted by molar-refractivity contribution is 6.46. The number of methoxy groups -OCH3 is 1. The number of halogens is 2. The molecule has 0 aliphatic carbocycles. The Balaban J connectivity index is 1.88. The van der Waals surface area contributed by atoms with Crippen LogP contribution >= 0.6 is 0 Å². The van der Waals surface area contributed by atoms with E-state index in [4.69, 9.17) is 4.74 Å². The van der Waals surface area contributed by atoms with Gasteiger partial charge in [-0.05, 0) is 49.2 Å². The fourth-order valence-electron chi connectivity index (χ4n) is 3.73. The third kappa shape index (κ3) is 3.62. The third-order valence-corrected chi connectivity index (χ3v) is 5.26. The van der Waals surface area contributed by atoms with Crippen molar-refractivity contribution in [3.63, 3.8) is 0 Å². The number of rotatable bonds is 5. The van der Waals surface area contributed by atoms with E-state index >= 15 is 0 Å². The van der Waals surface area contributed by atoms with Crippen LogP contribution in [0.3, 0.4) is 0 Å². The molecular formula is C25H20F2N2O3. The summed E-state index contributed by atoms with van der Waals surface area (Å²) < 4.78 is 32.7. The first-order chi connectivity index (χ1) is 15.3. The zero-order valence-corrected chi connectivity index (χ0v) is 17.7. The lowest BCUT2D eigenvalue weighted by Gasteiger charge is -2.16. The average Bonchev–Trinajstić information content (AvgIpc) is 3.00. The first-order valence-corrected chi connectivity index (χ1v) is 9.87. The van der Waals surface area contributed by atoms with Gasteiger partial charge in [0.2, 0.25) is 0 Å². The first-order valence-electron chi connectivity index (χ1n) is 9.87. The molecule has 32 heavy (non-hydrogen) atoms. The third-order valence-electron chi connectivity index (χ3n) is 5.26. The van der Waals surface area contributed by atoms with Gasteiger partial charge in [-0.15, -0.1) is 0 Å². The van der Waals surface area contributed by atoms with Crippen molar-refractivity contribution in [1.82, 2.24) is 0 Å². The summed E-state index contributed by atoms with van der Waals surface area (Å²) in [6.07, 6.45) is 0. The van der Waals surface area contributed by atoms with Crippen LogP contribution in [0.25, 0.3) is 5.57 Å². The van der Waals surface area contributed by atoms with Gasteiger partial charge in [0, 0.05) is 6.07 Å². The van der Waals surface area contributed by atoms with E-state index in [1.807, 2.05) is 26.0 Å². The zero-order chi connectivity index (χ0) is 23.0. The molecule has 2 amide bonds. The van der Waals surface area contributed by atoms with E-state index in [0.717, 1.165) is 28.2 Å². The molecule has 162 valence electrons. The van der Waals surface area contributed by atoms with Gasteiger partial charge in [-0.3, -0.25) is 9.59 Å². The minimum absolute atomic E-state index is 0.0242. The summed E-state index contributed by atoms with van der Waals surface area (Å²) in [5, 5.41) is 3.03. The molecule has 0 spiro atoms. The molecule has 5 nitrogen and oxygen atoms in total. The number of nitrogens with zero attached hydrogens (tertiary/aromatic N) is 1. The second-order valence-electron chi connectivity index (χ2n) is 7.44. The number of carbonyl (C=O) groups is 2. The molecule has 0 saturated carbocycles. The molecule has 1 aliphatic rings. The number of anilines is 2. The van der Waals surface area contributed by atoms with Crippen LogP contribution in [-0.2, 0) is 9.59 Å². The Morgan fingerprint density at radius 1 is 0.875 bits per heavy atom. The number of hydrogen-bond acceptors (Lipinski definition) is 4. The maximum Gasteiger partial charge on any atom is 0.282 e. The topological polar surface area (TPSA) is 58.6 Å². The van der Waals surface area contributed by atoms with E-state index in [0.29, 0.717) is 17.0 Å². The van der Waals surface area contributed by atoms with Crippen molar-refractivity contribution >= 4 is 28.8 Å². The number of aryl methyl sites for hydroxylation is 2. The summed E-state index contributed by atoms with van der Waals surface area (Å²) in [6.45, 7) is 3.77. The molecule has 0 fully saturated rings. The van der Waals surface area contributed by atoms with Crippen molar-refractivity contribution in [3.8, 4) is 5.75 Å². The smallest absolute Gasteiger partial charge is 0.282 e. The van der Waals surface area contributed by atoms with Crippen molar-refractivity contribution < 1.29 is 23.1 Å². The molecule has 1 heterocycles. The molecule has 1 aliphatic heterocycles. The van der Waals surface area contributed by atoms with Crippen molar-refractivity contribution in [2.45, 2.75) is 13.8 Å². The predicted molar refractivity (Wildman–Crippen MR) is 118 cm³/mol. The molecule has 0 aromatic heterocycles. The van der Waals surface area contributed by atoms with Crippen LogP contribution in [0, 0.1) is 25.5 Å². The Morgan fingerprint density at radius 3 is 2.31 bits per heavy atom. The van der Waals surface area contributed by atoms with Gasteiger partial charge in [-0.25, -0.2) is 13.7 Å². The lowest BCUT2D eigenvalue weighted by atomic mass is 9.97. The predicted octanol–water partition coefficient (Wildman–Crippen LogP) is 4.99. The van der Waals surface area contributed by atoms with Crippen molar-refractivity contribution in [3.05, 3.63) is 94.7 Å². The Hall–Kier alpha value is -4.00. The Labute approximate surface area is 183 Å².